The largest absolute Gasteiger partial charge is 0.459 e. The van der Waals surface area contributed by atoms with Gasteiger partial charge >= 0.3 is 12.0 Å². The van der Waals surface area contributed by atoms with E-state index in [-0.39, 0.29) is 18.1 Å². The number of urea groups is 1. The maximum Gasteiger partial charge on any atom is 0.319 e. The maximum atomic E-state index is 13.3. The average Bonchev–Trinajstić information content (AvgIpc) is 2.72. The fraction of sp³-hybridized carbons (Fsp3) is 0.423. The summed E-state index contributed by atoms with van der Waals surface area (Å²) in [7, 11) is 0. The van der Waals surface area contributed by atoms with Crippen molar-refractivity contribution in [2.75, 3.05) is 5.32 Å². The lowest BCUT2D eigenvalue weighted by Crippen LogP contribution is -2.44. The van der Waals surface area contributed by atoms with Gasteiger partial charge in [0, 0.05) is 16.6 Å². The van der Waals surface area contributed by atoms with Gasteiger partial charge in [-0.05, 0) is 62.9 Å². The number of hydrogen-bond acceptors (Lipinski definition) is 4. The summed E-state index contributed by atoms with van der Waals surface area (Å²) in [6, 6.07) is 15.1. The van der Waals surface area contributed by atoms with Crippen molar-refractivity contribution in [2.24, 2.45) is 5.92 Å². The Morgan fingerprint density at radius 2 is 1.58 bits per heavy atom. The SMILES string of the molecule is CC(C)C[C@H](NC(=O)Nc1ccc(Br)cc1)C(=O)C[C@H](C(=O)OC(C)(C)C)c1ccccc1. The Morgan fingerprint density at radius 3 is 2.12 bits per heavy atom. The molecular weight excluding hydrogens is 484 g/mol. The van der Waals surface area contributed by atoms with Crippen LogP contribution in [0.1, 0.15) is 58.9 Å². The molecule has 2 amide bonds. The minimum Gasteiger partial charge on any atom is -0.459 e. The van der Waals surface area contributed by atoms with Crippen LogP contribution < -0.4 is 10.6 Å². The molecule has 2 aromatic rings. The van der Waals surface area contributed by atoms with Crippen LogP contribution in [0, 0.1) is 5.92 Å². The van der Waals surface area contributed by atoms with E-state index in [4.69, 9.17) is 4.74 Å². The summed E-state index contributed by atoms with van der Waals surface area (Å²) in [6.07, 6.45) is 0.400. The van der Waals surface area contributed by atoms with Crippen molar-refractivity contribution in [1.82, 2.24) is 5.32 Å². The normalized spacial score (nSPS) is 13.2. The predicted molar refractivity (Wildman–Crippen MR) is 134 cm³/mol. The van der Waals surface area contributed by atoms with Gasteiger partial charge in [0.2, 0.25) is 0 Å². The Morgan fingerprint density at radius 1 is 0.970 bits per heavy atom. The molecule has 0 saturated heterocycles. The number of halogens is 1. The van der Waals surface area contributed by atoms with Crippen LogP contribution in [0.3, 0.4) is 0 Å². The fourth-order valence-corrected chi connectivity index (χ4v) is 3.60. The van der Waals surface area contributed by atoms with Crippen molar-refractivity contribution >= 4 is 39.4 Å². The smallest absolute Gasteiger partial charge is 0.319 e. The quantitative estimate of drug-likeness (QED) is 0.396. The molecule has 0 unspecified atom stereocenters. The first-order chi connectivity index (χ1) is 15.4. The van der Waals surface area contributed by atoms with E-state index < -0.39 is 29.6 Å². The molecule has 0 bridgehead atoms. The molecule has 33 heavy (non-hydrogen) atoms. The third-order valence-electron chi connectivity index (χ3n) is 4.80. The van der Waals surface area contributed by atoms with E-state index in [0.717, 1.165) is 4.47 Å². The van der Waals surface area contributed by atoms with Crippen LogP contribution in [0.2, 0.25) is 0 Å². The number of carbonyl (C=O) groups is 3. The molecule has 0 aliphatic heterocycles. The Hall–Kier alpha value is -2.67. The molecule has 6 nitrogen and oxygen atoms in total. The van der Waals surface area contributed by atoms with Gasteiger partial charge in [-0.15, -0.1) is 0 Å². The Bertz CT molecular complexity index is 937. The molecule has 2 atom stereocenters. The highest BCUT2D eigenvalue weighted by atomic mass is 79.9. The molecule has 0 aliphatic rings. The number of Topliss-reactive ketones (excluding diaryl/α,β-unsaturated/α-hetero) is 1. The number of hydrogen-bond donors (Lipinski definition) is 2. The lowest BCUT2D eigenvalue weighted by molar-refractivity contribution is -0.157. The first-order valence-electron chi connectivity index (χ1n) is 11.1. The van der Waals surface area contributed by atoms with Crippen LogP contribution in [0.4, 0.5) is 10.5 Å². The lowest BCUT2D eigenvalue weighted by atomic mass is 9.89. The van der Waals surface area contributed by atoms with Gasteiger partial charge in [-0.2, -0.15) is 0 Å². The molecule has 0 saturated carbocycles. The standard InChI is InChI=1S/C26H33BrN2O4/c1-17(2)15-22(29-25(32)28-20-13-11-19(27)12-14-20)23(30)16-21(18-9-7-6-8-10-18)24(31)33-26(3,4)5/h6-14,17,21-22H,15-16H2,1-5H3,(H2,28,29,32)/t21-,22-/m0/s1. The lowest BCUT2D eigenvalue weighted by Gasteiger charge is -2.26. The predicted octanol–water partition coefficient (Wildman–Crippen LogP) is 6.07. The van der Waals surface area contributed by atoms with E-state index in [0.29, 0.717) is 17.7 Å². The maximum absolute atomic E-state index is 13.3. The van der Waals surface area contributed by atoms with Crippen LogP contribution in [-0.2, 0) is 14.3 Å². The summed E-state index contributed by atoms with van der Waals surface area (Å²) in [4.78, 5) is 38.9. The molecule has 0 aliphatic carbocycles. The monoisotopic (exact) mass is 516 g/mol. The summed E-state index contributed by atoms with van der Waals surface area (Å²) < 4.78 is 6.49. The summed E-state index contributed by atoms with van der Waals surface area (Å²) in [6.45, 7) is 9.35. The minimum atomic E-state index is -0.746. The van der Waals surface area contributed by atoms with Crippen LogP contribution >= 0.6 is 15.9 Å². The van der Waals surface area contributed by atoms with E-state index in [9.17, 15) is 14.4 Å². The van der Waals surface area contributed by atoms with Gasteiger partial charge in [0.1, 0.15) is 5.60 Å². The molecule has 0 spiro atoms. The topological polar surface area (TPSA) is 84.5 Å². The number of carbonyl (C=O) groups excluding carboxylic acids is 3. The van der Waals surface area contributed by atoms with Gasteiger partial charge in [-0.3, -0.25) is 9.59 Å². The molecule has 178 valence electrons. The molecule has 2 aromatic carbocycles. The van der Waals surface area contributed by atoms with Crippen LogP contribution in [0.15, 0.2) is 59.1 Å². The number of esters is 1. The molecule has 7 heteroatoms. The van der Waals surface area contributed by atoms with E-state index in [1.54, 1.807) is 32.9 Å². The molecule has 0 aromatic heterocycles. The highest BCUT2D eigenvalue weighted by molar-refractivity contribution is 9.10. The second kappa shape index (κ2) is 12.0. The third-order valence-corrected chi connectivity index (χ3v) is 5.33. The van der Waals surface area contributed by atoms with E-state index in [1.807, 2.05) is 56.3 Å². The first kappa shape index (κ1) is 26.6. The van der Waals surface area contributed by atoms with Crippen molar-refractivity contribution < 1.29 is 19.1 Å². The fourth-order valence-electron chi connectivity index (χ4n) is 3.34. The number of ether oxygens (including phenoxy) is 1. The second-order valence-electron chi connectivity index (χ2n) is 9.45. The summed E-state index contributed by atoms with van der Waals surface area (Å²) >= 11 is 3.36. The zero-order valence-corrected chi connectivity index (χ0v) is 21.4. The highest BCUT2D eigenvalue weighted by Gasteiger charge is 2.32. The Labute approximate surface area is 204 Å². The summed E-state index contributed by atoms with van der Waals surface area (Å²) in [5.41, 5.74) is 0.651. The second-order valence-corrected chi connectivity index (χ2v) is 10.4. The number of amides is 2. The van der Waals surface area contributed by atoms with Crippen LogP contribution in [-0.4, -0.2) is 29.4 Å². The van der Waals surface area contributed by atoms with Gasteiger partial charge in [-0.1, -0.05) is 60.1 Å². The van der Waals surface area contributed by atoms with Crippen LogP contribution in [0.5, 0.6) is 0 Å². The highest BCUT2D eigenvalue weighted by Crippen LogP contribution is 2.26. The number of anilines is 1. The number of rotatable bonds is 9. The van der Waals surface area contributed by atoms with Crippen LogP contribution in [0.25, 0.3) is 0 Å². The summed E-state index contributed by atoms with van der Waals surface area (Å²) in [5.74, 6) is -1.24. The van der Waals surface area contributed by atoms with Crippen molar-refractivity contribution in [3.8, 4) is 0 Å². The van der Waals surface area contributed by atoms with Gasteiger partial charge in [0.25, 0.3) is 0 Å². The third kappa shape index (κ3) is 9.38. The van der Waals surface area contributed by atoms with E-state index >= 15 is 0 Å². The first-order valence-corrected chi connectivity index (χ1v) is 11.9. The van der Waals surface area contributed by atoms with Crippen molar-refractivity contribution in [2.45, 2.75) is 65.0 Å². The van der Waals surface area contributed by atoms with E-state index in [2.05, 4.69) is 26.6 Å². The zero-order chi connectivity index (χ0) is 24.6. The van der Waals surface area contributed by atoms with Gasteiger partial charge in [-0.25, -0.2) is 4.79 Å². The van der Waals surface area contributed by atoms with Gasteiger partial charge < -0.3 is 15.4 Å². The van der Waals surface area contributed by atoms with Crippen molar-refractivity contribution in [3.05, 3.63) is 64.6 Å². The number of ketones is 1. The molecule has 2 N–H and O–H groups in total. The van der Waals surface area contributed by atoms with Crippen molar-refractivity contribution in [1.29, 1.82) is 0 Å². The summed E-state index contributed by atoms with van der Waals surface area (Å²) in [5, 5.41) is 5.54. The minimum absolute atomic E-state index is 0.0606. The molecule has 0 heterocycles. The molecule has 0 fully saturated rings. The number of benzene rings is 2. The van der Waals surface area contributed by atoms with Gasteiger partial charge in [0.15, 0.2) is 5.78 Å². The van der Waals surface area contributed by atoms with Crippen molar-refractivity contribution in [3.63, 3.8) is 0 Å². The average molecular weight is 517 g/mol. The Balaban J connectivity index is 2.17. The number of nitrogens with one attached hydrogen (secondary N) is 2. The zero-order valence-electron chi connectivity index (χ0n) is 19.9. The van der Waals surface area contributed by atoms with E-state index in [1.165, 1.54) is 0 Å². The van der Waals surface area contributed by atoms with Gasteiger partial charge in [0.05, 0.1) is 12.0 Å². The molecular formula is C26H33BrN2O4. The molecule has 2 rings (SSSR count). The Kier molecular flexibility index (Phi) is 9.65. The molecule has 0 radical (unpaired) electrons.